The molecule has 1 aliphatic carbocycles. The summed E-state index contributed by atoms with van der Waals surface area (Å²) < 4.78 is 5.03. The molecule has 5 heteroatoms. The van der Waals surface area contributed by atoms with Crippen molar-refractivity contribution in [3.63, 3.8) is 0 Å². The second-order valence-corrected chi connectivity index (χ2v) is 5.00. The Kier molecular flexibility index (Phi) is 3.11. The third-order valence-corrected chi connectivity index (χ3v) is 3.54. The van der Waals surface area contributed by atoms with Crippen LogP contribution in [0.5, 0.6) is 5.75 Å². The van der Waals surface area contributed by atoms with Crippen molar-refractivity contribution in [3.05, 3.63) is 63.7 Å². The van der Waals surface area contributed by atoms with Crippen LogP contribution in [0, 0.1) is 0 Å². The van der Waals surface area contributed by atoms with E-state index in [0.717, 1.165) is 0 Å². The molecular formula is C16H9ClO4. The molecule has 0 amide bonds. The lowest BCUT2D eigenvalue weighted by Crippen LogP contribution is -2.22. The Bertz CT molecular complexity index is 808. The lowest BCUT2D eigenvalue weighted by Gasteiger charge is -2.20. The van der Waals surface area contributed by atoms with Gasteiger partial charge < -0.3 is 4.74 Å². The number of esters is 1. The molecule has 21 heavy (non-hydrogen) atoms. The molecule has 0 saturated heterocycles. The minimum atomic E-state index is -0.607. The third-order valence-electron chi connectivity index (χ3n) is 3.24. The summed E-state index contributed by atoms with van der Waals surface area (Å²) in [7, 11) is 0. The summed E-state index contributed by atoms with van der Waals surface area (Å²) in [6.45, 7) is 1.21. The van der Waals surface area contributed by atoms with Crippen LogP contribution in [0.25, 0.3) is 0 Å². The molecule has 0 saturated carbocycles. The van der Waals surface area contributed by atoms with E-state index in [1.807, 2.05) is 0 Å². The van der Waals surface area contributed by atoms with Crippen molar-refractivity contribution in [1.82, 2.24) is 0 Å². The van der Waals surface area contributed by atoms with E-state index >= 15 is 0 Å². The predicted molar refractivity (Wildman–Crippen MR) is 76.1 cm³/mol. The molecule has 2 aromatic rings. The molecule has 0 bridgehead atoms. The third kappa shape index (κ3) is 2.04. The van der Waals surface area contributed by atoms with Crippen molar-refractivity contribution in [2.75, 3.05) is 0 Å². The Morgan fingerprint density at radius 2 is 1.57 bits per heavy atom. The molecule has 0 aromatic heterocycles. The largest absolute Gasteiger partial charge is 0.424 e. The Hall–Kier alpha value is -2.46. The maximum atomic E-state index is 12.6. The molecule has 0 unspecified atom stereocenters. The summed E-state index contributed by atoms with van der Waals surface area (Å²) in [5.41, 5.74) is 0.859. The maximum absolute atomic E-state index is 12.6. The molecule has 0 radical (unpaired) electrons. The van der Waals surface area contributed by atoms with Crippen molar-refractivity contribution in [1.29, 1.82) is 0 Å². The van der Waals surface area contributed by atoms with E-state index in [4.69, 9.17) is 16.3 Å². The molecule has 3 rings (SSSR count). The molecule has 1 aliphatic rings. The van der Waals surface area contributed by atoms with Gasteiger partial charge in [0, 0.05) is 23.6 Å². The number of hydrogen-bond donors (Lipinski definition) is 0. The number of ketones is 2. The van der Waals surface area contributed by atoms with Gasteiger partial charge in [0.2, 0.25) is 0 Å². The molecule has 0 N–H and O–H groups in total. The number of ether oxygens (including phenoxy) is 1. The summed E-state index contributed by atoms with van der Waals surface area (Å²) in [5.74, 6) is -1.33. The van der Waals surface area contributed by atoms with Crippen LogP contribution in [0.15, 0.2) is 36.4 Å². The number of rotatable bonds is 1. The van der Waals surface area contributed by atoms with Crippen molar-refractivity contribution in [3.8, 4) is 5.75 Å². The van der Waals surface area contributed by atoms with Crippen molar-refractivity contribution in [2.45, 2.75) is 6.92 Å². The highest BCUT2D eigenvalue weighted by molar-refractivity contribution is 6.35. The lowest BCUT2D eigenvalue weighted by molar-refractivity contribution is -0.131. The summed E-state index contributed by atoms with van der Waals surface area (Å²) in [5, 5.41) is 0.115. The fraction of sp³-hybridized carbons (Fsp3) is 0.0625. The first-order chi connectivity index (χ1) is 10.0. The Labute approximate surface area is 125 Å². The number of halogens is 1. The van der Waals surface area contributed by atoms with Gasteiger partial charge in [-0.25, -0.2) is 0 Å². The number of benzene rings is 2. The molecule has 2 aromatic carbocycles. The second kappa shape index (κ2) is 4.82. The van der Waals surface area contributed by atoms with Gasteiger partial charge in [0.15, 0.2) is 17.3 Å². The second-order valence-electron chi connectivity index (χ2n) is 4.60. The minimum Gasteiger partial charge on any atom is -0.424 e. The zero-order chi connectivity index (χ0) is 15.1. The normalized spacial score (nSPS) is 12.7. The van der Waals surface area contributed by atoms with E-state index in [0.29, 0.717) is 5.56 Å². The fourth-order valence-corrected chi connectivity index (χ4v) is 2.57. The fourth-order valence-electron chi connectivity index (χ4n) is 2.37. The first-order valence-electron chi connectivity index (χ1n) is 6.20. The van der Waals surface area contributed by atoms with E-state index < -0.39 is 5.97 Å². The standard InChI is InChI=1S/C16H9ClO4/c1-8(18)21-16-12(17)7-6-11-13(16)15(20)10-5-3-2-4-9(10)14(11)19/h2-7H,1H3. The number of carbonyl (C=O) groups excluding carboxylic acids is 3. The van der Waals surface area contributed by atoms with Gasteiger partial charge in [0.25, 0.3) is 0 Å². The average molecular weight is 301 g/mol. The van der Waals surface area contributed by atoms with Crippen molar-refractivity contribution >= 4 is 29.1 Å². The average Bonchev–Trinajstić information content (AvgIpc) is 2.46. The Morgan fingerprint density at radius 1 is 0.952 bits per heavy atom. The lowest BCUT2D eigenvalue weighted by atomic mass is 9.83. The molecule has 0 aliphatic heterocycles. The predicted octanol–water partition coefficient (Wildman–Crippen LogP) is 3.04. The van der Waals surface area contributed by atoms with Gasteiger partial charge in [0.1, 0.15) is 0 Å². The monoisotopic (exact) mass is 300 g/mol. The topological polar surface area (TPSA) is 60.4 Å². The highest BCUT2D eigenvalue weighted by atomic mass is 35.5. The molecule has 4 nitrogen and oxygen atoms in total. The van der Waals surface area contributed by atoms with Crippen LogP contribution in [0.2, 0.25) is 5.02 Å². The highest BCUT2D eigenvalue weighted by Gasteiger charge is 2.33. The van der Waals surface area contributed by atoms with Crippen LogP contribution < -0.4 is 4.74 Å². The molecule has 0 atom stereocenters. The van der Waals surface area contributed by atoms with Gasteiger partial charge in [-0.1, -0.05) is 35.9 Å². The van der Waals surface area contributed by atoms with Gasteiger partial charge in [-0.15, -0.1) is 0 Å². The van der Waals surface area contributed by atoms with E-state index in [9.17, 15) is 14.4 Å². The first kappa shape index (κ1) is 13.5. The summed E-state index contributed by atoms with van der Waals surface area (Å²) in [6.07, 6.45) is 0. The number of fused-ring (bicyclic) bond motifs is 2. The van der Waals surface area contributed by atoms with Crippen LogP contribution in [0.3, 0.4) is 0 Å². The Morgan fingerprint density at radius 3 is 2.19 bits per heavy atom. The zero-order valence-electron chi connectivity index (χ0n) is 11.0. The molecule has 0 fully saturated rings. The number of carbonyl (C=O) groups is 3. The summed E-state index contributed by atoms with van der Waals surface area (Å²) >= 11 is 6.00. The van der Waals surface area contributed by atoms with Gasteiger partial charge in [-0.2, -0.15) is 0 Å². The van der Waals surface area contributed by atoms with Gasteiger partial charge in [0.05, 0.1) is 10.6 Å². The SMILES string of the molecule is CC(=O)Oc1c(Cl)ccc2c1C(=O)c1ccccc1C2=O. The van der Waals surface area contributed by atoms with E-state index in [1.165, 1.54) is 19.1 Å². The molecule has 0 heterocycles. The first-order valence-corrected chi connectivity index (χ1v) is 6.58. The minimum absolute atomic E-state index is 0.0430. The molecular weight excluding hydrogens is 292 g/mol. The quantitative estimate of drug-likeness (QED) is 0.512. The van der Waals surface area contributed by atoms with Crippen LogP contribution >= 0.6 is 11.6 Å². The van der Waals surface area contributed by atoms with Gasteiger partial charge in [-0.3, -0.25) is 14.4 Å². The van der Waals surface area contributed by atoms with Crippen molar-refractivity contribution in [2.24, 2.45) is 0 Å². The van der Waals surface area contributed by atoms with Gasteiger partial charge in [-0.05, 0) is 12.1 Å². The summed E-state index contributed by atoms with van der Waals surface area (Å²) in [6, 6.07) is 9.44. The zero-order valence-corrected chi connectivity index (χ0v) is 11.7. The smallest absolute Gasteiger partial charge is 0.308 e. The number of hydrogen-bond acceptors (Lipinski definition) is 4. The van der Waals surface area contributed by atoms with E-state index in [2.05, 4.69) is 0 Å². The van der Waals surface area contributed by atoms with E-state index in [-0.39, 0.29) is 39.0 Å². The van der Waals surface area contributed by atoms with Crippen LogP contribution in [-0.2, 0) is 4.79 Å². The van der Waals surface area contributed by atoms with Crippen LogP contribution in [0.1, 0.15) is 38.8 Å². The maximum Gasteiger partial charge on any atom is 0.308 e. The highest BCUT2D eigenvalue weighted by Crippen LogP contribution is 2.37. The summed E-state index contributed by atoms with van der Waals surface area (Å²) in [4.78, 5) is 36.3. The van der Waals surface area contributed by atoms with Crippen molar-refractivity contribution < 1.29 is 19.1 Å². The van der Waals surface area contributed by atoms with Crippen LogP contribution in [0.4, 0.5) is 0 Å². The van der Waals surface area contributed by atoms with Crippen LogP contribution in [-0.4, -0.2) is 17.5 Å². The molecule has 0 spiro atoms. The molecule has 104 valence electrons. The Balaban J connectivity index is 2.30. The van der Waals surface area contributed by atoms with E-state index in [1.54, 1.807) is 24.3 Å². The van der Waals surface area contributed by atoms with Gasteiger partial charge >= 0.3 is 5.97 Å².